The van der Waals surface area contributed by atoms with Crippen LogP contribution in [0.5, 0.6) is 0 Å². The SMILES string of the molecule is COC(CN1C[C@]2(Cc3cc([N+](=O)[O-])ccc31)C(=O)NC(=O)N(C(C)C)C2=O)OC. The van der Waals surface area contributed by atoms with Crippen LogP contribution in [0.25, 0.3) is 0 Å². The number of ether oxygens (including phenoxy) is 2. The van der Waals surface area contributed by atoms with Crippen LogP contribution >= 0.6 is 0 Å². The maximum absolute atomic E-state index is 13.4. The molecule has 11 nitrogen and oxygen atoms in total. The molecule has 2 heterocycles. The zero-order chi connectivity index (χ0) is 22.2. The number of nitrogens with zero attached hydrogens (tertiary/aromatic N) is 3. The highest BCUT2D eigenvalue weighted by atomic mass is 16.7. The fourth-order valence-corrected chi connectivity index (χ4v) is 3.98. The number of nitro benzene ring substituents is 1. The molecule has 1 aromatic rings. The average Bonchev–Trinajstić information content (AvgIpc) is 2.69. The van der Waals surface area contributed by atoms with Crippen LogP contribution in [0.2, 0.25) is 0 Å². The summed E-state index contributed by atoms with van der Waals surface area (Å²) in [4.78, 5) is 52.1. The van der Waals surface area contributed by atoms with Gasteiger partial charge in [0, 0.05) is 44.6 Å². The molecule has 30 heavy (non-hydrogen) atoms. The standard InChI is InChI=1S/C19H24N4O7/c1-11(2)22-17(25)19(16(24)20-18(22)26)8-12-7-13(23(27)28)5-6-14(12)21(10-19)9-15(29-3)30-4/h5-7,11,15H,8-10H2,1-4H3,(H,20,24,26)/t19-/m1/s1. The van der Waals surface area contributed by atoms with Crippen molar-refractivity contribution in [3.8, 4) is 0 Å². The van der Waals surface area contributed by atoms with Gasteiger partial charge in [-0.2, -0.15) is 0 Å². The highest BCUT2D eigenvalue weighted by Crippen LogP contribution is 2.41. The molecule has 3 rings (SSSR count). The number of carbonyl (C=O) groups is 3. The molecule has 0 bridgehead atoms. The van der Waals surface area contributed by atoms with Gasteiger partial charge >= 0.3 is 6.03 Å². The molecular weight excluding hydrogens is 396 g/mol. The minimum absolute atomic E-state index is 0.0256. The Hall–Kier alpha value is -3.05. The second-order valence-electron chi connectivity index (χ2n) is 7.64. The Labute approximate surface area is 173 Å². The summed E-state index contributed by atoms with van der Waals surface area (Å²) in [5.41, 5.74) is -0.657. The van der Waals surface area contributed by atoms with Gasteiger partial charge < -0.3 is 14.4 Å². The van der Waals surface area contributed by atoms with Crippen molar-refractivity contribution >= 4 is 29.2 Å². The number of non-ortho nitro benzene ring substituents is 1. The molecule has 162 valence electrons. The highest BCUT2D eigenvalue weighted by Gasteiger charge is 2.57. The molecule has 0 radical (unpaired) electrons. The van der Waals surface area contributed by atoms with E-state index in [1.165, 1.54) is 26.4 Å². The Morgan fingerprint density at radius 2 is 1.90 bits per heavy atom. The first kappa shape index (κ1) is 21.7. The van der Waals surface area contributed by atoms with E-state index in [0.29, 0.717) is 11.3 Å². The lowest BCUT2D eigenvalue weighted by atomic mass is 9.74. The Morgan fingerprint density at radius 3 is 2.47 bits per heavy atom. The van der Waals surface area contributed by atoms with Crippen molar-refractivity contribution in [1.29, 1.82) is 0 Å². The van der Waals surface area contributed by atoms with E-state index in [0.717, 1.165) is 4.90 Å². The fourth-order valence-electron chi connectivity index (χ4n) is 3.98. The first-order valence-corrected chi connectivity index (χ1v) is 9.41. The van der Waals surface area contributed by atoms with Gasteiger partial charge in [0.15, 0.2) is 6.29 Å². The van der Waals surface area contributed by atoms with E-state index in [4.69, 9.17) is 9.47 Å². The van der Waals surface area contributed by atoms with E-state index in [2.05, 4.69) is 5.32 Å². The van der Waals surface area contributed by atoms with Gasteiger partial charge in [-0.15, -0.1) is 0 Å². The third kappa shape index (κ3) is 3.50. The van der Waals surface area contributed by atoms with Crippen molar-refractivity contribution in [1.82, 2.24) is 10.2 Å². The number of nitro groups is 1. The first-order chi connectivity index (χ1) is 14.1. The molecule has 11 heteroatoms. The topological polar surface area (TPSA) is 131 Å². The molecule has 1 spiro atoms. The van der Waals surface area contributed by atoms with E-state index in [1.807, 2.05) is 0 Å². The van der Waals surface area contributed by atoms with Gasteiger partial charge in [-0.25, -0.2) is 4.79 Å². The van der Waals surface area contributed by atoms with Crippen molar-refractivity contribution in [2.45, 2.75) is 32.6 Å². The highest BCUT2D eigenvalue weighted by molar-refractivity contribution is 6.20. The van der Waals surface area contributed by atoms with Crippen LogP contribution in [0.3, 0.4) is 0 Å². The van der Waals surface area contributed by atoms with Crippen LogP contribution in [0.15, 0.2) is 18.2 Å². The van der Waals surface area contributed by atoms with Crippen LogP contribution in [0.1, 0.15) is 19.4 Å². The van der Waals surface area contributed by atoms with Crippen LogP contribution < -0.4 is 10.2 Å². The Kier molecular flexibility index (Phi) is 5.77. The minimum atomic E-state index is -1.60. The normalized spacial score (nSPS) is 21.5. The number of anilines is 1. The lowest BCUT2D eigenvalue weighted by molar-refractivity contribution is -0.384. The number of benzene rings is 1. The van der Waals surface area contributed by atoms with Crippen molar-refractivity contribution < 1.29 is 28.8 Å². The summed E-state index contributed by atoms with van der Waals surface area (Å²) in [7, 11) is 2.92. The number of hydrogen-bond acceptors (Lipinski definition) is 8. The molecule has 0 aliphatic carbocycles. The lowest BCUT2D eigenvalue weighted by Crippen LogP contribution is -2.69. The van der Waals surface area contributed by atoms with Crippen LogP contribution in [0.4, 0.5) is 16.2 Å². The summed E-state index contributed by atoms with van der Waals surface area (Å²) in [5.74, 6) is -1.34. The molecule has 2 aliphatic rings. The maximum atomic E-state index is 13.4. The second-order valence-corrected chi connectivity index (χ2v) is 7.64. The minimum Gasteiger partial charge on any atom is -0.365 e. The third-order valence-corrected chi connectivity index (χ3v) is 5.48. The van der Waals surface area contributed by atoms with Crippen molar-refractivity contribution in [2.75, 3.05) is 32.2 Å². The second kappa shape index (κ2) is 8.00. The van der Waals surface area contributed by atoms with E-state index >= 15 is 0 Å². The van der Waals surface area contributed by atoms with Gasteiger partial charge in [0.1, 0.15) is 5.41 Å². The number of methoxy groups -OCH3 is 2. The fraction of sp³-hybridized carbons (Fsp3) is 0.526. The largest absolute Gasteiger partial charge is 0.365 e. The number of hydrogen-bond donors (Lipinski definition) is 1. The molecule has 1 N–H and O–H groups in total. The molecule has 1 atom stereocenters. The zero-order valence-corrected chi connectivity index (χ0v) is 17.2. The lowest BCUT2D eigenvalue weighted by Gasteiger charge is -2.47. The number of urea groups is 1. The van der Waals surface area contributed by atoms with Gasteiger partial charge in [0.25, 0.3) is 5.69 Å². The number of amides is 4. The summed E-state index contributed by atoms with van der Waals surface area (Å²) < 4.78 is 10.5. The number of carbonyl (C=O) groups excluding carboxylic acids is 3. The van der Waals surface area contributed by atoms with Crippen molar-refractivity contribution in [2.24, 2.45) is 5.41 Å². The summed E-state index contributed by atoms with van der Waals surface area (Å²) in [6.45, 7) is 3.50. The summed E-state index contributed by atoms with van der Waals surface area (Å²) in [5, 5.41) is 13.5. The van der Waals surface area contributed by atoms with E-state index in [1.54, 1.807) is 24.8 Å². The predicted molar refractivity (Wildman–Crippen MR) is 105 cm³/mol. The van der Waals surface area contributed by atoms with Crippen molar-refractivity contribution in [3.05, 3.63) is 33.9 Å². The number of fused-ring (bicyclic) bond motifs is 1. The number of rotatable bonds is 6. The first-order valence-electron chi connectivity index (χ1n) is 9.41. The quantitative estimate of drug-likeness (QED) is 0.313. The van der Waals surface area contributed by atoms with E-state index in [-0.39, 0.29) is 25.2 Å². The third-order valence-electron chi connectivity index (χ3n) is 5.48. The molecule has 0 unspecified atom stereocenters. The predicted octanol–water partition coefficient (Wildman–Crippen LogP) is 1.05. The summed E-state index contributed by atoms with van der Waals surface area (Å²) >= 11 is 0. The molecule has 1 fully saturated rings. The van der Waals surface area contributed by atoms with Crippen molar-refractivity contribution in [3.63, 3.8) is 0 Å². The smallest absolute Gasteiger partial charge is 0.331 e. The van der Waals surface area contributed by atoms with Crippen LogP contribution in [0, 0.1) is 15.5 Å². The Bertz CT molecular complexity index is 899. The van der Waals surface area contributed by atoms with Gasteiger partial charge in [-0.05, 0) is 31.9 Å². The van der Waals surface area contributed by atoms with E-state index < -0.39 is 40.5 Å². The van der Waals surface area contributed by atoms with Gasteiger partial charge in [-0.1, -0.05) is 0 Å². The average molecular weight is 420 g/mol. The van der Waals surface area contributed by atoms with Crippen LogP contribution in [-0.4, -0.2) is 67.3 Å². The number of imide groups is 2. The number of barbiturate groups is 1. The monoisotopic (exact) mass is 420 g/mol. The van der Waals surface area contributed by atoms with Gasteiger partial charge in [0.05, 0.1) is 11.5 Å². The molecule has 0 saturated carbocycles. The molecule has 2 aliphatic heterocycles. The molecule has 0 aromatic heterocycles. The van der Waals surface area contributed by atoms with Gasteiger partial charge in [-0.3, -0.25) is 29.9 Å². The number of nitrogens with one attached hydrogen (secondary N) is 1. The van der Waals surface area contributed by atoms with E-state index in [9.17, 15) is 24.5 Å². The van der Waals surface area contributed by atoms with Gasteiger partial charge in [0.2, 0.25) is 11.8 Å². The molecule has 1 aromatic carbocycles. The van der Waals surface area contributed by atoms with Crippen LogP contribution in [-0.2, 0) is 25.5 Å². The summed E-state index contributed by atoms with van der Waals surface area (Å²) in [6.07, 6.45) is -0.723. The Morgan fingerprint density at radius 1 is 1.23 bits per heavy atom. The zero-order valence-electron chi connectivity index (χ0n) is 17.2. The Balaban J connectivity index is 2.12. The molecular formula is C19H24N4O7. The summed E-state index contributed by atoms with van der Waals surface area (Å²) in [6, 6.07) is 3.07. The molecule has 4 amide bonds. The molecule has 1 saturated heterocycles. The maximum Gasteiger partial charge on any atom is 0.331 e.